The Kier molecular flexibility index (Phi) is 5.99. The summed E-state index contributed by atoms with van der Waals surface area (Å²) in [7, 11) is 0. The summed E-state index contributed by atoms with van der Waals surface area (Å²) in [6.07, 6.45) is 10.9. The van der Waals surface area contributed by atoms with Crippen molar-refractivity contribution >= 4 is 11.9 Å². The minimum Gasteiger partial charge on any atom is -0.390 e. The third-order valence-corrected chi connectivity index (χ3v) is 8.25. The van der Waals surface area contributed by atoms with Crippen molar-refractivity contribution in [2.45, 2.75) is 63.4 Å². The number of rotatable bonds is 6. The normalized spacial score (nSPS) is 25.4. The molecular weight excluding hydrogens is 418 g/mol. The Morgan fingerprint density at radius 1 is 1.09 bits per heavy atom. The SMILES string of the molecule is CC[C@@]1(O)CC[C@@]2(Cc3ccccc3)c3ccc(C(=O)Cc4cccnc4C)cc3C=C[C@H]2C1. The van der Waals surface area contributed by atoms with Gasteiger partial charge in [0.25, 0.3) is 0 Å². The quantitative estimate of drug-likeness (QED) is 0.450. The fraction of sp³-hybridized carbons (Fsp3) is 0.355. The third kappa shape index (κ3) is 4.14. The largest absolute Gasteiger partial charge is 0.390 e. The number of aromatic nitrogens is 1. The van der Waals surface area contributed by atoms with Crippen LogP contribution < -0.4 is 0 Å². The highest BCUT2D eigenvalue weighted by molar-refractivity contribution is 5.98. The van der Waals surface area contributed by atoms with Gasteiger partial charge in [-0.2, -0.15) is 0 Å². The summed E-state index contributed by atoms with van der Waals surface area (Å²) in [5, 5.41) is 11.1. The predicted octanol–water partition coefficient (Wildman–Crippen LogP) is 6.26. The first kappa shape index (κ1) is 22.7. The van der Waals surface area contributed by atoms with Gasteiger partial charge in [0, 0.05) is 29.3 Å². The van der Waals surface area contributed by atoms with Crippen LogP contribution in [0.25, 0.3) is 6.08 Å². The molecule has 3 atom stereocenters. The van der Waals surface area contributed by atoms with Crippen molar-refractivity contribution in [3.05, 3.63) is 106 Å². The smallest absolute Gasteiger partial charge is 0.167 e. The standard InChI is InChI=1S/C31H33NO2/c1-3-30(34)15-16-31(20-23-8-5-4-6-9-23)27(21-30)13-11-25-18-26(12-14-28(25)31)29(33)19-24-10-7-17-32-22(24)2/h4-14,17-18,27,34H,3,15-16,19-21H2,1-2H3/t27-,30+,31-/m0/s1. The molecule has 2 aliphatic carbocycles. The second kappa shape index (κ2) is 8.96. The van der Waals surface area contributed by atoms with E-state index in [0.717, 1.165) is 54.5 Å². The molecule has 3 heteroatoms. The highest BCUT2D eigenvalue weighted by Crippen LogP contribution is 2.53. The van der Waals surface area contributed by atoms with Gasteiger partial charge in [-0.25, -0.2) is 0 Å². The van der Waals surface area contributed by atoms with E-state index in [9.17, 15) is 9.90 Å². The summed E-state index contributed by atoms with van der Waals surface area (Å²) in [6.45, 7) is 4.04. The third-order valence-electron chi connectivity index (χ3n) is 8.25. The maximum atomic E-state index is 13.1. The number of hydrogen-bond acceptors (Lipinski definition) is 3. The van der Waals surface area contributed by atoms with Gasteiger partial charge in [-0.15, -0.1) is 0 Å². The van der Waals surface area contributed by atoms with Crippen LogP contribution in [0.2, 0.25) is 0 Å². The van der Waals surface area contributed by atoms with E-state index in [4.69, 9.17) is 0 Å². The molecular formula is C31H33NO2. The minimum absolute atomic E-state index is 0.0612. The molecule has 0 spiro atoms. The summed E-state index contributed by atoms with van der Waals surface area (Å²) >= 11 is 0. The first-order valence-corrected chi connectivity index (χ1v) is 12.5. The zero-order valence-electron chi connectivity index (χ0n) is 20.1. The van der Waals surface area contributed by atoms with Crippen LogP contribution in [0.3, 0.4) is 0 Å². The number of aliphatic hydroxyl groups is 1. The zero-order chi connectivity index (χ0) is 23.8. The van der Waals surface area contributed by atoms with Gasteiger partial charge >= 0.3 is 0 Å². The van der Waals surface area contributed by atoms with Crippen LogP contribution in [0.4, 0.5) is 0 Å². The maximum Gasteiger partial charge on any atom is 0.167 e. The molecule has 0 unspecified atom stereocenters. The van der Waals surface area contributed by atoms with Crippen LogP contribution in [0.5, 0.6) is 0 Å². The fourth-order valence-corrected chi connectivity index (χ4v) is 6.06. The first-order valence-electron chi connectivity index (χ1n) is 12.5. The molecule has 2 aliphatic rings. The Balaban J connectivity index is 1.51. The van der Waals surface area contributed by atoms with Crippen LogP contribution in [0.15, 0.2) is 72.9 Å². The van der Waals surface area contributed by atoms with Gasteiger partial charge in [0.15, 0.2) is 5.78 Å². The maximum absolute atomic E-state index is 13.1. The molecule has 3 nitrogen and oxygen atoms in total. The average Bonchev–Trinajstić information content (AvgIpc) is 2.86. The number of hydrogen-bond donors (Lipinski definition) is 1. The molecule has 0 saturated heterocycles. The number of ketones is 1. The molecule has 3 aromatic rings. The molecule has 1 N–H and O–H groups in total. The second-order valence-electron chi connectivity index (χ2n) is 10.2. The minimum atomic E-state index is -0.593. The number of carbonyl (C=O) groups excluding carboxylic acids is 1. The van der Waals surface area contributed by atoms with Gasteiger partial charge in [0.05, 0.1) is 5.60 Å². The molecule has 1 aromatic heterocycles. The van der Waals surface area contributed by atoms with Crippen LogP contribution in [0, 0.1) is 12.8 Å². The molecule has 2 aromatic carbocycles. The van der Waals surface area contributed by atoms with E-state index in [-0.39, 0.29) is 17.1 Å². The molecule has 0 bridgehead atoms. The highest BCUT2D eigenvalue weighted by atomic mass is 16.3. The number of benzene rings is 2. The first-order chi connectivity index (χ1) is 16.4. The van der Waals surface area contributed by atoms with Crippen LogP contribution >= 0.6 is 0 Å². The molecule has 34 heavy (non-hydrogen) atoms. The summed E-state index contributed by atoms with van der Waals surface area (Å²) in [6, 6.07) is 20.8. The van der Waals surface area contributed by atoms with Crippen molar-refractivity contribution in [2.75, 3.05) is 0 Å². The number of allylic oxidation sites excluding steroid dienone is 1. The fourth-order valence-electron chi connectivity index (χ4n) is 6.06. The number of carbonyl (C=O) groups is 1. The lowest BCUT2D eigenvalue weighted by Gasteiger charge is -2.51. The monoisotopic (exact) mass is 451 g/mol. The van der Waals surface area contributed by atoms with Gasteiger partial charge in [-0.05, 0) is 79.3 Å². The Morgan fingerprint density at radius 3 is 2.68 bits per heavy atom. The predicted molar refractivity (Wildman–Crippen MR) is 137 cm³/mol. The van der Waals surface area contributed by atoms with Crippen molar-refractivity contribution in [1.29, 1.82) is 0 Å². The molecule has 1 saturated carbocycles. The van der Waals surface area contributed by atoms with Gasteiger partial charge in [-0.1, -0.05) is 67.6 Å². The Bertz CT molecular complexity index is 1230. The number of aryl methyl sites for hydroxylation is 1. The van der Waals surface area contributed by atoms with Crippen molar-refractivity contribution in [1.82, 2.24) is 4.98 Å². The Hall–Kier alpha value is -3.04. The lowest BCUT2D eigenvalue weighted by atomic mass is 9.54. The Labute approximate surface area is 202 Å². The summed E-state index contributed by atoms with van der Waals surface area (Å²) in [5.41, 5.74) is 5.76. The zero-order valence-corrected chi connectivity index (χ0v) is 20.1. The number of pyridine rings is 1. The van der Waals surface area contributed by atoms with E-state index in [1.165, 1.54) is 11.1 Å². The van der Waals surface area contributed by atoms with Crippen molar-refractivity contribution < 1.29 is 9.90 Å². The van der Waals surface area contributed by atoms with Crippen molar-refractivity contribution in [2.24, 2.45) is 5.92 Å². The van der Waals surface area contributed by atoms with Gasteiger partial charge in [-0.3, -0.25) is 9.78 Å². The summed E-state index contributed by atoms with van der Waals surface area (Å²) in [4.78, 5) is 17.5. The molecule has 0 amide bonds. The summed E-state index contributed by atoms with van der Waals surface area (Å²) < 4.78 is 0. The molecule has 0 aliphatic heterocycles. The molecule has 0 radical (unpaired) electrons. The molecule has 1 fully saturated rings. The lowest BCUT2D eigenvalue weighted by molar-refractivity contribution is -0.0379. The van der Waals surface area contributed by atoms with Crippen molar-refractivity contribution in [3.63, 3.8) is 0 Å². The number of nitrogens with zero attached hydrogens (tertiary/aromatic N) is 1. The van der Waals surface area contributed by atoms with Crippen LogP contribution in [-0.4, -0.2) is 21.5 Å². The lowest BCUT2D eigenvalue weighted by Crippen LogP contribution is -2.49. The molecule has 1 heterocycles. The van der Waals surface area contributed by atoms with E-state index in [2.05, 4.69) is 66.5 Å². The van der Waals surface area contributed by atoms with Gasteiger partial charge in [0.1, 0.15) is 0 Å². The van der Waals surface area contributed by atoms with E-state index < -0.39 is 5.60 Å². The second-order valence-corrected chi connectivity index (χ2v) is 10.2. The van der Waals surface area contributed by atoms with Crippen LogP contribution in [-0.2, 0) is 18.3 Å². The van der Waals surface area contributed by atoms with Crippen LogP contribution in [0.1, 0.15) is 70.9 Å². The topological polar surface area (TPSA) is 50.2 Å². The van der Waals surface area contributed by atoms with E-state index in [1.54, 1.807) is 6.20 Å². The van der Waals surface area contributed by atoms with E-state index >= 15 is 0 Å². The van der Waals surface area contributed by atoms with Crippen molar-refractivity contribution in [3.8, 4) is 0 Å². The molecule has 5 rings (SSSR count). The molecule has 174 valence electrons. The van der Waals surface area contributed by atoms with Gasteiger partial charge in [0.2, 0.25) is 0 Å². The average molecular weight is 452 g/mol. The Morgan fingerprint density at radius 2 is 1.91 bits per heavy atom. The van der Waals surface area contributed by atoms with Gasteiger partial charge < -0.3 is 5.11 Å². The van der Waals surface area contributed by atoms with E-state index in [1.807, 2.05) is 25.1 Å². The van der Waals surface area contributed by atoms with E-state index in [0.29, 0.717) is 6.42 Å². The summed E-state index contributed by atoms with van der Waals surface area (Å²) in [5.74, 6) is 0.397. The number of fused-ring (bicyclic) bond motifs is 3. The highest BCUT2D eigenvalue weighted by Gasteiger charge is 2.49. The number of Topliss-reactive ketones (excluding diaryl/α,β-unsaturated/α-hetero) is 1.